The summed E-state index contributed by atoms with van der Waals surface area (Å²) in [5.41, 5.74) is 4.89. The number of benzene rings is 3. The topological polar surface area (TPSA) is 26.0 Å². The fourth-order valence-corrected chi connectivity index (χ4v) is 4.82. The van der Waals surface area contributed by atoms with Crippen LogP contribution in [0.3, 0.4) is 0 Å². The van der Waals surface area contributed by atoms with E-state index in [9.17, 15) is 0 Å². The molecule has 3 aromatic carbocycles. The van der Waals surface area contributed by atoms with E-state index in [1.54, 1.807) is 11.3 Å². The van der Waals surface area contributed by atoms with Crippen molar-refractivity contribution < 1.29 is 4.42 Å². The molecule has 132 valence electrons. The standard InChI is InChI=1S/C25H15NOS/c1-4-11-23-16(6-1)14-24(28-23)17-12-13-21(26-15-17)20-9-5-8-19-18-7-2-3-10-22(18)27-25(19)20/h1-15H. The first-order valence-corrected chi connectivity index (χ1v) is 10.0. The molecule has 0 aliphatic carbocycles. The minimum Gasteiger partial charge on any atom is -0.455 e. The third-order valence-corrected chi connectivity index (χ3v) is 6.32. The van der Waals surface area contributed by atoms with Crippen molar-refractivity contribution >= 4 is 43.4 Å². The minimum absolute atomic E-state index is 0.894. The maximum atomic E-state index is 6.15. The summed E-state index contributed by atoms with van der Waals surface area (Å²) in [6, 6.07) is 29.3. The molecule has 6 aromatic rings. The summed E-state index contributed by atoms with van der Waals surface area (Å²) in [7, 11) is 0. The van der Waals surface area contributed by atoms with Crippen LogP contribution in [0.5, 0.6) is 0 Å². The minimum atomic E-state index is 0.894. The second-order valence-corrected chi connectivity index (χ2v) is 7.94. The monoisotopic (exact) mass is 377 g/mol. The molecule has 0 unspecified atom stereocenters. The molecule has 0 saturated carbocycles. The summed E-state index contributed by atoms with van der Waals surface area (Å²) in [6.07, 6.45) is 1.96. The highest BCUT2D eigenvalue weighted by Gasteiger charge is 2.13. The molecule has 0 aliphatic heterocycles. The molecule has 6 rings (SSSR count). The van der Waals surface area contributed by atoms with Crippen LogP contribution in [-0.4, -0.2) is 4.98 Å². The van der Waals surface area contributed by atoms with Crippen LogP contribution >= 0.6 is 11.3 Å². The number of pyridine rings is 1. The smallest absolute Gasteiger partial charge is 0.144 e. The van der Waals surface area contributed by atoms with Crippen LogP contribution in [0, 0.1) is 0 Å². The Labute approximate surface area is 165 Å². The van der Waals surface area contributed by atoms with E-state index in [2.05, 4.69) is 66.7 Å². The van der Waals surface area contributed by atoms with Crippen molar-refractivity contribution in [2.75, 3.05) is 0 Å². The molecule has 0 bridgehead atoms. The average Bonchev–Trinajstić information content (AvgIpc) is 3.35. The van der Waals surface area contributed by atoms with E-state index in [-0.39, 0.29) is 0 Å². The van der Waals surface area contributed by atoms with Crippen molar-refractivity contribution in [3.05, 3.63) is 91.1 Å². The third kappa shape index (κ3) is 2.37. The largest absolute Gasteiger partial charge is 0.455 e. The number of fused-ring (bicyclic) bond motifs is 4. The Hall–Kier alpha value is -3.43. The van der Waals surface area contributed by atoms with Crippen LogP contribution in [0.1, 0.15) is 0 Å². The lowest BCUT2D eigenvalue weighted by atomic mass is 10.1. The highest BCUT2D eigenvalue weighted by atomic mass is 32.1. The first kappa shape index (κ1) is 15.6. The van der Waals surface area contributed by atoms with Gasteiger partial charge in [-0.25, -0.2) is 0 Å². The van der Waals surface area contributed by atoms with Crippen molar-refractivity contribution in [3.63, 3.8) is 0 Å². The number of nitrogens with zero attached hydrogens (tertiary/aromatic N) is 1. The van der Waals surface area contributed by atoms with Gasteiger partial charge in [0.1, 0.15) is 11.2 Å². The summed E-state index contributed by atoms with van der Waals surface area (Å²) in [5.74, 6) is 0. The van der Waals surface area contributed by atoms with Gasteiger partial charge >= 0.3 is 0 Å². The lowest BCUT2D eigenvalue weighted by Gasteiger charge is -2.03. The molecule has 3 aromatic heterocycles. The Morgan fingerprint density at radius 2 is 1.61 bits per heavy atom. The molecule has 28 heavy (non-hydrogen) atoms. The van der Waals surface area contributed by atoms with Crippen LogP contribution in [0.4, 0.5) is 0 Å². The van der Waals surface area contributed by atoms with Crippen LogP contribution in [-0.2, 0) is 0 Å². The number of hydrogen-bond donors (Lipinski definition) is 0. The maximum Gasteiger partial charge on any atom is 0.144 e. The number of hydrogen-bond acceptors (Lipinski definition) is 3. The maximum absolute atomic E-state index is 6.15. The number of thiophene rings is 1. The Balaban J connectivity index is 1.47. The number of aromatic nitrogens is 1. The Kier molecular flexibility index (Phi) is 3.37. The summed E-state index contributed by atoms with van der Waals surface area (Å²) in [5, 5.41) is 3.54. The predicted molar refractivity (Wildman–Crippen MR) is 118 cm³/mol. The molecule has 0 aliphatic rings. The van der Waals surface area contributed by atoms with Crippen molar-refractivity contribution in [1.82, 2.24) is 4.98 Å². The average molecular weight is 377 g/mol. The van der Waals surface area contributed by atoms with E-state index in [1.165, 1.54) is 15.0 Å². The van der Waals surface area contributed by atoms with E-state index in [0.29, 0.717) is 0 Å². The second-order valence-electron chi connectivity index (χ2n) is 6.86. The molecule has 3 heterocycles. The van der Waals surface area contributed by atoms with Crippen molar-refractivity contribution in [3.8, 4) is 21.7 Å². The van der Waals surface area contributed by atoms with E-state index < -0.39 is 0 Å². The second kappa shape index (κ2) is 6.04. The summed E-state index contributed by atoms with van der Waals surface area (Å²) >= 11 is 1.80. The van der Waals surface area contributed by atoms with Gasteiger partial charge in [0.15, 0.2) is 0 Å². The van der Waals surface area contributed by atoms with Gasteiger partial charge in [0.2, 0.25) is 0 Å². The highest BCUT2D eigenvalue weighted by molar-refractivity contribution is 7.22. The van der Waals surface area contributed by atoms with E-state index in [1.807, 2.05) is 24.4 Å². The lowest BCUT2D eigenvalue weighted by Crippen LogP contribution is -1.84. The van der Waals surface area contributed by atoms with Crippen molar-refractivity contribution in [2.24, 2.45) is 0 Å². The molecule has 2 nitrogen and oxygen atoms in total. The molecule has 0 N–H and O–H groups in total. The van der Waals surface area contributed by atoms with E-state index >= 15 is 0 Å². The number of rotatable bonds is 2. The summed E-state index contributed by atoms with van der Waals surface area (Å²) < 4.78 is 7.45. The molecule has 0 amide bonds. The van der Waals surface area contributed by atoms with Gasteiger partial charge in [0.25, 0.3) is 0 Å². The fraction of sp³-hybridized carbons (Fsp3) is 0. The van der Waals surface area contributed by atoms with Gasteiger partial charge in [-0.1, -0.05) is 48.5 Å². The van der Waals surface area contributed by atoms with E-state index in [0.717, 1.165) is 38.8 Å². The molecule has 0 atom stereocenters. The van der Waals surface area contributed by atoms with Gasteiger partial charge in [-0.15, -0.1) is 11.3 Å². The van der Waals surface area contributed by atoms with Crippen molar-refractivity contribution in [2.45, 2.75) is 0 Å². The normalized spacial score (nSPS) is 11.6. The molecule has 0 radical (unpaired) electrons. The highest BCUT2D eigenvalue weighted by Crippen LogP contribution is 2.37. The fourth-order valence-electron chi connectivity index (χ4n) is 3.77. The lowest BCUT2D eigenvalue weighted by molar-refractivity contribution is 0.670. The number of furan rings is 1. The van der Waals surface area contributed by atoms with Gasteiger partial charge in [-0.05, 0) is 41.8 Å². The van der Waals surface area contributed by atoms with Gasteiger partial charge in [-0.3, -0.25) is 4.98 Å². The predicted octanol–water partition coefficient (Wildman–Crippen LogP) is 7.53. The van der Waals surface area contributed by atoms with Gasteiger partial charge in [-0.2, -0.15) is 0 Å². The zero-order chi connectivity index (χ0) is 18.5. The quantitative estimate of drug-likeness (QED) is 0.312. The SMILES string of the molecule is c1ccc2sc(-c3ccc(-c4cccc5c4oc4ccccc45)nc3)cc2c1. The number of para-hydroxylation sites is 2. The molecule has 3 heteroatoms. The molecule has 0 spiro atoms. The molecular formula is C25H15NOS. The summed E-state index contributed by atoms with van der Waals surface area (Å²) in [4.78, 5) is 6.00. The zero-order valence-electron chi connectivity index (χ0n) is 14.9. The van der Waals surface area contributed by atoms with Gasteiger partial charge in [0.05, 0.1) is 5.69 Å². The molecule has 0 fully saturated rings. The van der Waals surface area contributed by atoms with E-state index in [4.69, 9.17) is 9.40 Å². The van der Waals surface area contributed by atoms with Crippen LogP contribution < -0.4 is 0 Å². The first-order valence-electron chi connectivity index (χ1n) is 9.22. The van der Waals surface area contributed by atoms with Gasteiger partial charge < -0.3 is 4.42 Å². The third-order valence-electron chi connectivity index (χ3n) is 5.15. The molecular weight excluding hydrogens is 362 g/mol. The van der Waals surface area contributed by atoms with Gasteiger partial charge in [0, 0.05) is 37.7 Å². The Bertz CT molecular complexity index is 1420. The Morgan fingerprint density at radius 3 is 2.50 bits per heavy atom. The summed E-state index contributed by atoms with van der Waals surface area (Å²) in [6.45, 7) is 0. The van der Waals surface area contributed by atoms with Crippen molar-refractivity contribution in [1.29, 1.82) is 0 Å². The zero-order valence-corrected chi connectivity index (χ0v) is 15.7. The first-order chi connectivity index (χ1) is 13.9. The molecule has 0 saturated heterocycles. The van der Waals surface area contributed by atoms with Crippen LogP contribution in [0.2, 0.25) is 0 Å². The van der Waals surface area contributed by atoms with Crippen LogP contribution in [0.25, 0.3) is 53.7 Å². The van der Waals surface area contributed by atoms with Crippen LogP contribution in [0.15, 0.2) is 95.5 Å². The Morgan fingerprint density at radius 1 is 0.750 bits per heavy atom.